The molecule has 0 spiro atoms. The van der Waals surface area contributed by atoms with Gasteiger partial charge in [-0.15, -0.1) is 0 Å². The van der Waals surface area contributed by atoms with Gasteiger partial charge in [0.05, 0.1) is 5.56 Å². The molecule has 0 bridgehead atoms. The Bertz CT molecular complexity index is 425. The van der Waals surface area contributed by atoms with E-state index >= 15 is 0 Å². The number of furan rings is 1. The van der Waals surface area contributed by atoms with Crippen molar-refractivity contribution in [2.24, 2.45) is 5.73 Å². The molecule has 1 saturated heterocycles. The lowest BCUT2D eigenvalue weighted by atomic mass is 9.98. The van der Waals surface area contributed by atoms with Gasteiger partial charge in [-0.2, -0.15) is 0 Å². The Morgan fingerprint density at radius 3 is 2.76 bits per heavy atom. The van der Waals surface area contributed by atoms with Crippen LogP contribution in [0, 0.1) is 13.8 Å². The highest BCUT2D eigenvalue weighted by Crippen LogP contribution is 2.22. The van der Waals surface area contributed by atoms with E-state index in [0.717, 1.165) is 25.1 Å². The topological polar surface area (TPSA) is 59.5 Å². The van der Waals surface area contributed by atoms with E-state index in [0.29, 0.717) is 11.3 Å². The van der Waals surface area contributed by atoms with Crippen molar-refractivity contribution in [2.75, 3.05) is 6.54 Å². The van der Waals surface area contributed by atoms with Gasteiger partial charge in [-0.1, -0.05) is 0 Å². The Kier molecular flexibility index (Phi) is 3.24. The van der Waals surface area contributed by atoms with Crippen LogP contribution < -0.4 is 5.73 Å². The average Bonchev–Trinajstić information content (AvgIpc) is 2.57. The second-order valence-corrected chi connectivity index (χ2v) is 4.96. The Hall–Kier alpha value is -1.29. The molecule has 2 unspecified atom stereocenters. The minimum Gasteiger partial charge on any atom is -0.466 e. The molecule has 1 aromatic heterocycles. The van der Waals surface area contributed by atoms with Crippen LogP contribution in [-0.2, 0) is 0 Å². The number of nitrogens with two attached hydrogens (primary N) is 1. The van der Waals surface area contributed by atoms with Crippen molar-refractivity contribution in [1.82, 2.24) is 4.90 Å². The molecule has 2 rings (SSSR count). The van der Waals surface area contributed by atoms with Crippen LogP contribution in [0.15, 0.2) is 10.5 Å². The van der Waals surface area contributed by atoms with Crippen molar-refractivity contribution in [3.8, 4) is 0 Å². The number of carbonyl (C=O) groups excluding carboxylic acids is 1. The van der Waals surface area contributed by atoms with E-state index in [4.69, 9.17) is 10.2 Å². The fourth-order valence-electron chi connectivity index (χ4n) is 2.51. The minimum atomic E-state index is 0.0683. The van der Waals surface area contributed by atoms with Crippen LogP contribution in [0.3, 0.4) is 0 Å². The predicted molar refractivity (Wildman–Crippen MR) is 65.9 cm³/mol. The first-order valence-electron chi connectivity index (χ1n) is 6.12. The van der Waals surface area contributed by atoms with Crippen molar-refractivity contribution in [3.63, 3.8) is 0 Å². The summed E-state index contributed by atoms with van der Waals surface area (Å²) in [5.41, 5.74) is 6.59. The molecule has 2 heterocycles. The third-order valence-corrected chi connectivity index (χ3v) is 3.45. The van der Waals surface area contributed by atoms with E-state index < -0.39 is 0 Å². The number of rotatable bonds is 1. The van der Waals surface area contributed by atoms with Crippen molar-refractivity contribution in [1.29, 1.82) is 0 Å². The van der Waals surface area contributed by atoms with E-state index in [9.17, 15) is 4.79 Å². The molecule has 4 nitrogen and oxygen atoms in total. The predicted octanol–water partition coefficient (Wildman–Crippen LogP) is 1.85. The van der Waals surface area contributed by atoms with Gasteiger partial charge in [0, 0.05) is 18.6 Å². The Balaban J connectivity index is 2.17. The summed E-state index contributed by atoms with van der Waals surface area (Å²) in [6.45, 7) is 6.49. The van der Waals surface area contributed by atoms with Gasteiger partial charge in [-0.3, -0.25) is 4.79 Å². The lowest BCUT2D eigenvalue weighted by molar-refractivity contribution is 0.0617. The van der Waals surface area contributed by atoms with Gasteiger partial charge < -0.3 is 15.1 Å². The van der Waals surface area contributed by atoms with Crippen LogP contribution in [0.5, 0.6) is 0 Å². The summed E-state index contributed by atoms with van der Waals surface area (Å²) in [6, 6.07) is 2.25. The SMILES string of the molecule is Cc1cc(C(=O)N2CCC(N)CC2C)c(C)o1. The van der Waals surface area contributed by atoms with E-state index in [2.05, 4.69) is 6.92 Å². The molecule has 0 saturated carbocycles. The van der Waals surface area contributed by atoms with Gasteiger partial charge in [0.25, 0.3) is 5.91 Å². The summed E-state index contributed by atoms with van der Waals surface area (Å²) in [4.78, 5) is 14.3. The first-order valence-corrected chi connectivity index (χ1v) is 6.12. The van der Waals surface area contributed by atoms with Crippen molar-refractivity contribution in [3.05, 3.63) is 23.2 Å². The second kappa shape index (κ2) is 4.53. The number of likely N-dealkylation sites (tertiary alicyclic amines) is 1. The first-order chi connectivity index (χ1) is 7.99. The Labute approximate surface area is 102 Å². The quantitative estimate of drug-likeness (QED) is 0.809. The standard InChI is InChI=1S/C13H20N2O2/c1-8-6-11(14)4-5-15(8)13(16)12-7-9(2)17-10(12)3/h7-8,11H,4-6,14H2,1-3H3. The zero-order valence-corrected chi connectivity index (χ0v) is 10.7. The third-order valence-electron chi connectivity index (χ3n) is 3.45. The van der Waals surface area contributed by atoms with Gasteiger partial charge in [-0.25, -0.2) is 0 Å². The maximum Gasteiger partial charge on any atom is 0.257 e. The highest BCUT2D eigenvalue weighted by atomic mass is 16.3. The van der Waals surface area contributed by atoms with Crippen LogP contribution >= 0.6 is 0 Å². The number of hydrogen-bond donors (Lipinski definition) is 1. The van der Waals surface area contributed by atoms with E-state index in [-0.39, 0.29) is 18.0 Å². The van der Waals surface area contributed by atoms with Crippen LogP contribution in [0.2, 0.25) is 0 Å². The molecule has 1 aliphatic rings. The lowest BCUT2D eigenvalue weighted by Gasteiger charge is -2.36. The highest BCUT2D eigenvalue weighted by molar-refractivity contribution is 5.95. The van der Waals surface area contributed by atoms with Crippen LogP contribution in [0.1, 0.15) is 41.6 Å². The molecule has 4 heteroatoms. The lowest BCUT2D eigenvalue weighted by Crippen LogP contribution is -2.48. The average molecular weight is 236 g/mol. The van der Waals surface area contributed by atoms with Crippen LogP contribution in [0.4, 0.5) is 0 Å². The van der Waals surface area contributed by atoms with Crippen molar-refractivity contribution in [2.45, 2.75) is 45.7 Å². The molecule has 0 aromatic carbocycles. The summed E-state index contributed by atoms with van der Waals surface area (Å²) >= 11 is 0. The summed E-state index contributed by atoms with van der Waals surface area (Å²) in [5.74, 6) is 1.56. The van der Waals surface area contributed by atoms with Gasteiger partial charge >= 0.3 is 0 Å². The monoisotopic (exact) mass is 236 g/mol. The smallest absolute Gasteiger partial charge is 0.257 e. The highest BCUT2D eigenvalue weighted by Gasteiger charge is 2.29. The molecule has 0 aliphatic carbocycles. The number of nitrogens with zero attached hydrogens (tertiary/aromatic N) is 1. The van der Waals surface area contributed by atoms with Gasteiger partial charge in [0.1, 0.15) is 11.5 Å². The van der Waals surface area contributed by atoms with Crippen molar-refractivity contribution >= 4 is 5.91 Å². The van der Waals surface area contributed by atoms with Gasteiger partial charge in [-0.05, 0) is 39.7 Å². The summed E-state index contributed by atoms with van der Waals surface area (Å²) in [6.07, 6.45) is 1.76. The van der Waals surface area contributed by atoms with E-state index in [1.165, 1.54) is 0 Å². The molecule has 94 valence electrons. The zero-order valence-electron chi connectivity index (χ0n) is 10.7. The summed E-state index contributed by atoms with van der Waals surface area (Å²) in [7, 11) is 0. The Morgan fingerprint density at radius 2 is 2.24 bits per heavy atom. The first kappa shape index (κ1) is 12.2. The van der Waals surface area contributed by atoms with Crippen LogP contribution in [0.25, 0.3) is 0 Å². The maximum atomic E-state index is 12.4. The number of hydrogen-bond acceptors (Lipinski definition) is 3. The normalized spacial score (nSPS) is 25.1. The molecular formula is C13H20N2O2. The molecule has 1 fully saturated rings. The molecular weight excluding hydrogens is 216 g/mol. The van der Waals surface area contributed by atoms with E-state index in [1.807, 2.05) is 24.8 Å². The second-order valence-electron chi connectivity index (χ2n) is 4.96. The molecule has 2 atom stereocenters. The van der Waals surface area contributed by atoms with E-state index in [1.54, 1.807) is 0 Å². The zero-order chi connectivity index (χ0) is 12.6. The van der Waals surface area contributed by atoms with Gasteiger partial charge in [0.2, 0.25) is 0 Å². The largest absolute Gasteiger partial charge is 0.466 e. The maximum absolute atomic E-state index is 12.4. The summed E-state index contributed by atoms with van der Waals surface area (Å²) < 4.78 is 5.41. The van der Waals surface area contributed by atoms with Crippen LogP contribution in [-0.4, -0.2) is 29.4 Å². The molecule has 2 N–H and O–H groups in total. The molecule has 17 heavy (non-hydrogen) atoms. The number of piperidine rings is 1. The molecule has 0 radical (unpaired) electrons. The third kappa shape index (κ3) is 2.36. The molecule has 1 aromatic rings. The summed E-state index contributed by atoms with van der Waals surface area (Å²) in [5, 5.41) is 0. The van der Waals surface area contributed by atoms with Gasteiger partial charge in [0.15, 0.2) is 0 Å². The minimum absolute atomic E-state index is 0.0683. The molecule has 1 aliphatic heterocycles. The van der Waals surface area contributed by atoms with Crippen molar-refractivity contribution < 1.29 is 9.21 Å². The fraction of sp³-hybridized carbons (Fsp3) is 0.615. The number of amides is 1. The fourth-order valence-corrected chi connectivity index (χ4v) is 2.51. The number of aryl methyl sites for hydroxylation is 2. The molecule has 1 amide bonds. The Morgan fingerprint density at radius 1 is 1.53 bits per heavy atom. The number of carbonyl (C=O) groups is 1.